The fraction of sp³-hybridized carbons (Fsp3) is 0.722. The Morgan fingerprint density at radius 1 is 1.14 bits per heavy atom. The lowest BCUT2D eigenvalue weighted by molar-refractivity contribution is -0.153. The molecule has 0 amide bonds. The van der Waals surface area contributed by atoms with Crippen LogP contribution < -0.4 is 0 Å². The second-order valence-corrected chi connectivity index (χ2v) is 22.3. The third kappa shape index (κ3) is 13.6. The van der Waals surface area contributed by atoms with E-state index in [9.17, 15) is 14.4 Å². The van der Waals surface area contributed by atoms with Gasteiger partial charge in [0.05, 0.1) is 29.1 Å². The number of cyclic esters (lactones) is 1. The lowest BCUT2D eigenvalue weighted by Gasteiger charge is -2.42. The first-order valence-corrected chi connectivity index (χ1v) is 21.9. The molecule has 0 saturated heterocycles. The third-order valence-electron chi connectivity index (χ3n) is 9.88. The standard InChI is InChI=1S/C36H56Cl3NO7SSi/c1-11-49(12-2,13-3)47-30-20-31(41)45-29(25(6)19-28-21-48-27(8)40-28)18-17-23(4)15-14-16-24(5)32(26(7)33(42)35(30,9)10)46-34(43)44-22-36(37,38)39/h17,19,21,24,26,29-30,32H,11-16,18,20,22H2,1-10H3/b23-17-,25-19+/t24-,26+,29?,30-,32-/m0/s1. The molecule has 8 nitrogen and oxygen atoms in total. The van der Waals surface area contributed by atoms with Gasteiger partial charge < -0.3 is 18.6 Å². The van der Waals surface area contributed by atoms with Crippen LogP contribution in [0.4, 0.5) is 4.79 Å². The molecule has 1 aromatic rings. The lowest BCUT2D eigenvalue weighted by atomic mass is 9.73. The summed E-state index contributed by atoms with van der Waals surface area (Å²) >= 11 is 18.9. The van der Waals surface area contributed by atoms with Crippen molar-refractivity contribution < 1.29 is 33.0 Å². The van der Waals surface area contributed by atoms with Gasteiger partial charge >= 0.3 is 12.1 Å². The SMILES string of the molecule is CC[Si](CC)(CC)O[C@H]1CC(=O)OC(/C(C)=C/c2csc(C)n2)C/C=C(/C)CCC[C@H](C)[C@H](OC(=O)OCC(Cl)(Cl)Cl)[C@@H](C)C(=O)C1(C)C. The highest BCUT2D eigenvalue weighted by Crippen LogP contribution is 2.38. The Kier molecular flexibility index (Phi) is 17.3. The van der Waals surface area contributed by atoms with Gasteiger partial charge in [-0.05, 0) is 75.7 Å². The Balaban J connectivity index is 2.59. The number of rotatable bonds is 9. The largest absolute Gasteiger partial charge is 0.508 e. The molecule has 0 spiro atoms. The molecule has 49 heavy (non-hydrogen) atoms. The highest BCUT2D eigenvalue weighted by atomic mass is 35.6. The van der Waals surface area contributed by atoms with Gasteiger partial charge in [-0.2, -0.15) is 0 Å². The van der Waals surface area contributed by atoms with Crippen molar-refractivity contribution in [1.82, 2.24) is 4.98 Å². The molecule has 2 rings (SSSR count). The Hall–Kier alpha value is -1.43. The van der Waals surface area contributed by atoms with Crippen molar-refractivity contribution in [3.8, 4) is 0 Å². The van der Waals surface area contributed by atoms with Crippen LogP contribution in [0.2, 0.25) is 18.1 Å². The van der Waals surface area contributed by atoms with Crippen LogP contribution in [0.5, 0.6) is 0 Å². The number of alkyl halides is 3. The lowest BCUT2D eigenvalue weighted by Crippen LogP contribution is -2.52. The molecule has 1 aliphatic rings. The van der Waals surface area contributed by atoms with Gasteiger partial charge in [0.2, 0.25) is 3.79 Å². The number of aromatic nitrogens is 1. The highest BCUT2D eigenvalue weighted by molar-refractivity contribution is 7.09. The third-order valence-corrected chi connectivity index (χ3v) is 15.6. The van der Waals surface area contributed by atoms with E-state index in [4.69, 9.17) is 53.4 Å². The normalized spacial score (nSPS) is 26.4. The first kappa shape index (κ1) is 43.7. The van der Waals surface area contributed by atoms with Gasteiger partial charge in [0, 0.05) is 17.2 Å². The number of ketones is 1. The smallest absolute Gasteiger partial charge is 0.457 e. The Morgan fingerprint density at radius 3 is 2.33 bits per heavy atom. The van der Waals surface area contributed by atoms with Crippen molar-refractivity contribution >= 4 is 78.4 Å². The summed E-state index contributed by atoms with van der Waals surface area (Å²) in [6, 6.07) is 2.51. The number of allylic oxidation sites excluding steroid dienone is 1. The maximum Gasteiger partial charge on any atom is 0.508 e. The van der Waals surface area contributed by atoms with Crippen LogP contribution in [-0.4, -0.2) is 59.9 Å². The van der Waals surface area contributed by atoms with E-state index in [1.165, 1.54) is 0 Å². The molecule has 0 radical (unpaired) electrons. The van der Waals surface area contributed by atoms with Gasteiger partial charge in [-0.15, -0.1) is 11.3 Å². The molecule has 2 heterocycles. The molecule has 0 saturated carbocycles. The number of hydrogen-bond donors (Lipinski definition) is 0. The van der Waals surface area contributed by atoms with Gasteiger partial charge in [0.25, 0.3) is 0 Å². The van der Waals surface area contributed by atoms with Crippen molar-refractivity contribution in [2.24, 2.45) is 17.3 Å². The summed E-state index contributed by atoms with van der Waals surface area (Å²) in [5, 5.41) is 2.95. The zero-order valence-electron chi connectivity index (χ0n) is 30.8. The van der Waals surface area contributed by atoms with Crippen molar-refractivity contribution in [3.63, 3.8) is 0 Å². The van der Waals surface area contributed by atoms with Crippen LogP contribution in [0.3, 0.4) is 0 Å². The van der Waals surface area contributed by atoms with E-state index in [1.54, 1.807) is 18.3 Å². The number of Topliss-reactive ketones (excluding diaryl/α,β-unsaturated/α-hetero) is 1. The second kappa shape index (κ2) is 19.4. The summed E-state index contributed by atoms with van der Waals surface area (Å²) in [4.78, 5) is 45.9. The number of halogens is 3. The van der Waals surface area contributed by atoms with E-state index in [0.717, 1.165) is 52.8 Å². The average molecular weight is 781 g/mol. The highest BCUT2D eigenvalue weighted by Gasteiger charge is 2.48. The van der Waals surface area contributed by atoms with E-state index in [1.807, 2.05) is 46.1 Å². The van der Waals surface area contributed by atoms with Crippen LogP contribution in [0.25, 0.3) is 6.08 Å². The average Bonchev–Trinajstić information content (AvgIpc) is 3.45. The van der Waals surface area contributed by atoms with Crippen LogP contribution >= 0.6 is 46.1 Å². The summed E-state index contributed by atoms with van der Waals surface area (Å²) < 4.78 is 22.3. The molecule has 278 valence electrons. The number of thiazole rings is 1. The van der Waals surface area contributed by atoms with E-state index < -0.39 is 60.5 Å². The van der Waals surface area contributed by atoms with Crippen LogP contribution in [0.1, 0.15) is 105 Å². The molecular formula is C36H56Cl3NO7SSi. The predicted molar refractivity (Wildman–Crippen MR) is 203 cm³/mol. The summed E-state index contributed by atoms with van der Waals surface area (Å²) in [6.07, 6.45) is 3.64. The van der Waals surface area contributed by atoms with Crippen molar-refractivity contribution in [2.45, 2.75) is 142 Å². The number of aryl methyl sites for hydroxylation is 1. The summed E-state index contributed by atoms with van der Waals surface area (Å²) in [7, 11) is -2.31. The van der Waals surface area contributed by atoms with Gasteiger partial charge in [0.1, 0.15) is 24.6 Å². The van der Waals surface area contributed by atoms with E-state index in [0.29, 0.717) is 12.8 Å². The molecule has 1 aromatic heterocycles. The molecule has 0 fully saturated rings. The number of ether oxygens (including phenoxy) is 3. The minimum absolute atomic E-state index is 0.102. The summed E-state index contributed by atoms with van der Waals surface area (Å²) in [6.45, 7) is 19.2. The molecule has 1 aliphatic heterocycles. The van der Waals surface area contributed by atoms with Crippen LogP contribution in [0, 0.1) is 24.2 Å². The summed E-state index contributed by atoms with van der Waals surface area (Å²) in [5.41, 5.74) is 1.73. The number of hydrogen-bond acceptors (Lipinski definition) is 9. The maximum atomic E-state index is 14.6. The molecular weight excluding hydrogens is 725 g/mol. The van der Waals surface area contributed by atoms with Gasteiger partial charge in [-0.25, -0.2) is 9.78 Å². The first-order chi connectivity index (χ1) is 22.8. The minimum Gasteiger partial charge on any atom is -0.457 e. The molecule has 0 bridgehead atoms. The number of esters is 1. The molecule has 0 aliphatic carbocycles. The van der Waals surface area contributed by atoms with E-state index >= 15 is 0 Å². The zero-order chi connectivity index (χ0) is 37.2. The number of nitrogens with zero attached hydrogens (tertiary/aromatic N) is 1. The maximum absolute atomic E-state index is 14.6. The Bertz CT molecular complexity index is 1310. The fourth-order valence-electron chi connectivity index (χ4n) is 6.37. The predicted octanol–water partition coefficient (Wildman–Crippen LogP) is 10.8. The van der Waals surface area contributed by atoms with Gasteiger partial charge in [-0.1, -0.05) is 94.9 Å². The molecule has 13 heteroatoms. The first-order valence-electron chi connectivity index (χ1n) is 17.3. The number of carbonyl (C=O) groups excluding carboxylic acids is 3. The molecule has 0 aromatic carbocycles. The number of carbonyl (C=O) groups is 3. The fourth-order valence-corrected chi connectivity index (χ4v) is 10.1. The zero-order valence-corrected chi connectivity index (χ0v) is 34.9. The minimum atomic E-state index is -2.31. The quantitative estimate of drug-likeness (QED) is 0.106. The molecule has 1 unspecified atom stereocenters. The summed E-state index contributed by atoms with van der Waals surface area (Å²) in [5.74, 6) is -1.57. The van der Waals surface area contributed by atoms with Crippen molar-refractivity contribution in [1.29, 1.82) is 0 Å². The van der Waals surface area contributed by atoms with Gasteiger partial charge in [-0.3, -0.25) is 9.59 Å². The van der Waals surface area contributed by atoms with Crippen LogP contribution in [-0.2, 0) is 28.2 Å². The van der Waals surface area contributed by atoms with Crippen molar-refractivity contribution in [2.75, 3.05) is 6.61 Å². The topological polar surface area (TPSA) is 101 Å². The van der Waals surface area contributed by atoms with E-state index in [2.05, 4.69) is 38.8 Å². The van der Waals surface area contributed by atoms with E-state index in [-0.39, 0.29) is 18.1 Å². The van der Waals surface area contributed by atoms with Gasteiger partial charge in [0.15, 0.2) is 8.32 Å². The van der Waals surface area contributed by atoms with Crippen LogP contribution in [0.15, 0.2) is 22.6 Å². The molecule has 5 atom stereocenters. The van der Waals surface area contributed by atoms with Crippen molar-refractivity contribution in [3.05, 3.63) is 33.3 Å². The molecule has 0 N–H and O–H groups in total. The monoisotopic (exact) mass is 779 g/mol. The Labute approximate surface area is 313 Å². The second-order valence-electron chi connectivity index (χ2n) is 14.0. The Morgan fingerprint density at radius 2 is 1.78 bits per heavy atom.